The van der Waals surface area contributed by atoms with Crippen LogP contribution in [0.15, 0.2) is 24.3 Å². The van der Waals surface area contributed by atoms with Crippen LogP contribution in [0.25, 0.3) is 0 Å². The largest absolute Gasteiger partial charge is 0.483 e. The molecule has 0 aliphatic carbocycles. The molecule has 1 amide bonds. The minimum absolute atomic E-state index is 0.0326. The minimum Gasteiger partial charge on any atom is -0.483 e. The van der Waals surface area contributed by atoms with E-state index < -0.39 is 0 Å². The molecule has 1 rings (SSSR count). The highest BCUT2D eigenvalue weighted by molar-refractivity contribution is 5.77. The van der Waals surface area contributed by atoms with E-state index in [9.17, 15) is 4.79 Å². The third-order valence-electron chi connectivity index (χ3n) is 2.56. The fourth-order valence-corrected chi connectivity index (χ4v) is 1.47. The maximum atomic E-state index is 11.4. The summed E-state index contributed by atoms with van der Waals surface area (Å²) in [6, 6.07) is 7.79. The Hall–Kier alpha value is -1.99. The van der Waals surface area contributed by atoms with Crippen molar-refractivity contribution in [1.82, 2.24) is 10.6 Å². The van der Waals surface area contributed by atoms with Crippen molar-refractivity contribution in [3.05, 3.63) is 29.8 Å². The van der Waals surface area contributed by atoms with Gasteiger partial charge in [0.1, 0.15) is 5.75 Å². The number of para-hydroxylation sites is 1. The number of benzene rings is 1. The molecule has 0 aliphatic heterocycles. The first kappa shape index (κ1) is 14.1. The molecular weight excluding hydrogens is 228 g/mol. The summed E-state index contributed by atoms with van der Waals surface area (Å²) in [4.78, 5) is 11.4. The average molecular weight is 246 g/mol. The Labute approximate surface area is 108 Å². The van der Waals surface area contributed by atoms with Gasteiger partial charge in [0, 0.05) is 11.6 Å². The Morgan fingerprint density at radius 2 is 2.22 bits per heavy atom. The molecule has 18 heavy (non-hydrogen) atoms. The molecular formula is C14H18N2O2. The Balaban J connectivity index is 2.62. The first-order valence-corrected chi connectivity index (χ1v) is 5.78. The van der Waals surface area contributed by atoms with Crippen LogP contribution in [0, 0.1) is 12.3 Å². The number of carbonyl (C=O) groups is 1. The van der Waals surface area contributed by atoms with Crippen LogP contribution in [-0.4, -0.2) is 26.1 Å². The molecule has 0 saturated carbocycles. The van der Waals surface area contributed by atoms with Crippen LogP contribution in [0.3, 0.4) is 0 Å². The number of nitrogens with one attached hydrogen (secondary N) is 2. The maximum Gasteiger partial charge on any atom is 0.258 e. The van der Waals surface area contributed by atoms with E-state index in [1.54, 1.807) is 0 Å². The van der Waals surface area contributed by atoms with Crippen molar-refractivity contribution in [3.63, 3.8) is 0 Å². The molecule has 0 aliphatic rings. The van der Waals surface area contributed by atoms with Crippen molar-refractivity contribution < 1.29 is 9.53 Å². The highest BCUT2D eigenvalue weighted by Gasteiger charge is 2.10. The number of carbonyl (C=O) groups excluding carboxylic acids is 1. The monoisotopic (exact) mass is 246 g/mol. The van der Waals surface area contributed by atoms with Crippen LogP contribution in [-0.2, 0) is 4.79 Å². The van der Waals surface area contributed by atoms with Gasteiger partial charge in [0.25, 0.3) is 5.91 Å². The van der Waals surface area contributed by atoms with Gasteiger partial charge in [-0.25, -0.2) is 0 Å². The van der Waals surface area contributed by atoms with Gasteiger partial charge in [-0.15, -0.1) is 6.42 Å². The lowest BCUT2D eigenvalue weighted by atomic mass is 10.1. The van der Waals surface area contributed by atoms with Gasteiger partial charge >= 0.3 is 0 Å². The zero-order chi connectivity index (χ0) is 13.4. The molecule has 4 nitrogen and oxygen atoms in total. The smallest absolute Gasteiger partial charge is 0.258 e. The molecule has 0 spiro atoms. The fourth-order valence-electron chi connectivity index (χ4n) is 1.47. The average Bonchev–Trinajstić information content (AvgIpc) is 2.42. The molecule has 1 aromatic carbocycles. The van der Waals surface area contributed by atoms with E-state index in [4.69, 9.17) is 11.2 Å². The molecule has 0 heterocycles. The van der Waals surface area contributed by atoms with Gasteiger partial charge in [0.2, 0.25) is 0 Å². The van der Waals surface area contributed by atoms with E-state index in [-0.39, 0.29) is 25.1 Å². The summed E-state index contributed by atoms with van der Waals surface area (Å²) in [5.41, 5.74) is 1.02. The molecule has 96 valence electrons. The van der Waals surface area contributed by atoms with Crippen LogP contribution < -0.4 is 15.4 Å². The predicted octanol–water partition coefficient (Wildman–Crippen LogP) is 1.10. The van der Waals surface area contributed by atoms with Gasteiger partial charge in [-0.1, -0.05) is 24.1 Å². The second kappa shape index (κ2) is 7.36. The molecule has 0 fully saturated rings. The van der Waals surface area contributed by atoms with Crippen LogP contribution in [0.4, 0.5) is 0 Å². The molecule has 1 atom stereocenters. The standard InChI is InChI=1S/C14H18N2O2/c1-4-9-16-14(17)10-18-13-8-6-5-7-12(13)11(2)15-3/h1,5-8,11,15H,9-10H2,2-3H3,(H,16,17). The number of terminal acetylenes is 1. The maximum absolute atomic E-state index is 11.4. The van der Waals surface area contributed by atoms with Crippen LogP contribution in [0.5, 0.6) is 5.75 Å². The second-order valence-electron chi connectivity index (χ2n) is 3.82. The molecule has 0 aromatic heterocycles. The van der Waals surface area contributed by atoms with Crippen molar-refractivity contribution in [3.8, 4) is 18.1 Å². The summed E-state index contributed by atoms with van der Waals surface area (Å²) in [6.45, 7) is 2.21. The summed E-state index contributed by atoms with van der Waals surface area (Å²) in [5.74, 6) is 2.82. The number of hydrogen-bond donors (Lipinski definition) is 2. The molecule has 0 saturated heterocycles. The van der Waals surface area contributed by atoms with Crippen molar-refractivity contribution in [2.24, 2.45) is 0 Å². The lowest BCUT2D eigenvalue weighted by molar-refractivity contribution is -0.122. The summed E-state index contributed by atoms with van der Waals surface area (Å²) in [7, 11) is 1.88. The molecule has 0 bridgehead atoms. The van der Waals surface area contributed by atoms with Crippen molar-refractivity contribution >= 4 is 5.91 Å². The molecule has 4 heteroatoms. The minimum atomic E-state index is -0.222. The molecule has 2 N–H and O–H groups in total. The highest BCUT2D eigenvalue weighted by Crippen LogP contribution is 2.24. The third-order valence-corrected chi connectivity index (χ3v) is 2.56. The molecule has 1 aromatic rings. The van der Waals surface area contributed by atoms with E-state index in [1.807, 2.05) is 38.2 Å². The van der Waals surface area contributed by atoms with Crippen LogP contribution in [0.1, 0.15) is 18.5 Å². The topological polar surface area (TPSA) is 50.4 Å². The van der Waals surface area contributed by atoms with E-state index in [0.717, 1.165) is 5.56 Å². The van der Waals surface area contributed by atoms with Gasteiger partial charge in [0.05, 0.1) is 6.54 Å². The SMILES string of the molecule is C#CCNC(=O)COc1ccccc1C(C)NC. The summed E-state index contributed by atoms with van der Waals surface area (Å²) < 4.78 is 5.50. The first-order valence-electron chi connectivity index (χ1n) is 5.78. The molecule has 1 unspecified atom stereocenters. The number of hydrogen-bond acceptors (Lipinski definition) is 3. The third kappa shape index (κ3) is 4.11. The van der Waals surface area contributed by atoms with Gasteiger partial charge in [-0.3, -0.25) is 4.79 Å². The quantitative estimate of drug-likeness (QED) is 0.739. The normalized spacial score (nSPS) is 11.4. The number of ether oxygens (including phenoxy) is 1. The van der Waals surface area contributed by atoms with E-state index >= 15 is 0 Å². The fraction of sp³-hybridized carbons (Fsp3) is 0.357. The van der Waals surface area contributed by atoms with E-state index in [1.165, 1.54) is 0 Å². The van der Waals surface area contributed by atoms with E-state index in [0.29, 0.717) is 5.75 Å². The van der Waals surface area contributed by atoms with Gasteiger partial charge in [-0.2, -0.15) is 0 Å². The van der Waals surface area contributed by atoms with Gasteiger partial charge in [0.15, 0.2) is 6.61 Å². The van der Waals surface area contributed by atoms with Crippen molar-refractivity contribution in [2.75, 3.05) is 20.2 Å². The van der Waals surface area contributed by atoms with Crippen LogP contribution >= 0.6 is 0 Å². The van der Waals surface area contributed by atoms with Gasteiger partial charge < -0.3 is 15.4 Å². The lowest BCUT2D eigenvalue weighted by Crippen LogP contribution is -2.29. The highest BCUT2D eigenvalue weighted by atomic mass is 16.5. The Morgan fingerprint density at radius 1 is 1.50 bits per heavy atom. The lowest BCUT2D eigenvalue weighted by Gasteiger charge is -2.16. The Bertz CT molecular complexity index is 438. The predicted molar refractivity (Wildman–Crippen MR) is 71.3 cm³/mol. The van der Waals surface area contributed by atoms with Gasteiger partial charge in [-0.05, 0) is 20.0 Å². The first-order chi connectivity index (χ1) is 8.69. The van der Waals surface area contributed by atoms with Crippen LogP contribution in [0.2, 0.25) is 0 Å². The molecule has 0 radical (unpaired) electrons. The summed E-state index contributed by atoms with van der Waals surface area (Å²) >= 11 is 0. The number of amides is 1. The zero-order valence-electron chi connectivity index (χ0n) is 10.7. The Kier molecular flexibility index (Phi) is 5.75. The number of rotatable bonds is 6. The van der Waals surface area contributed by atoms with Crippen molar-refractivity contribution in [1.29, 1.82) is 0 Å². The Morgan fingerprint density at radius 3 is 2.89 bits per heavy atom. The zero-order valence-corrected chi connectivity index (χ0v) is 10.7. The second-order valence-corrected chi connectivity index (χ2v) is 3.82. The summed E-state index contributed by atoms with van der Waals surface area (Å²) in [5, 5.41) is 5.69. The van der Waals surface area contributed by atoms with Crippen molar-refractivity contribution in [2.45, 2.75) is 13.0 Å². The summed E-state index contributed by atoms with van der Waals surface area (Å²) in [6.07, 6.45) is 5.05. The van der Waals surface area contributed by atoms with E-state index in [2.05, 4.69) is 16.6 Å².